The van der Waals surface area contributed by atoms with Crippen molar-refractivity contribution in [1.29, 1.82) is 0 Å². The second kappa shape index (κ2) is 2.60. The predicted octanol–water partition coefficient (Wildman–Crippen LogP) is 2.46. The van der Waals surface area contributed by atoms with Crippen molar-refractivity contribution in [3.8, 4) is 0 Å². The van der Waals surface area contributed by atoms with Crippen molar-refractivity contribution in [1.82, 2.24) is 14.0 Å². The standard InChI is InChI=1S/C76H15N3P/c1-80(77-8-17-20(8,77)26(17)32(17)38(26)44(32)50(38)56(44)62(50)68(56)71-59-47-35-23-11-2-5(11)14(11,23)29(23,35)41(35,47)53(47,59)65(59,71)74(62,68)71,78-9-18-21(9,78)27(18)33(18)39(27)45(33)51(39)57(45)63(51)69(57)72-60-48-36-24-12-3-6(12)15(12,24)30(24,36)42(36,48)54(48,60)66(60,72)75(63,69)72)79-10-19-22(10,79)28(19)34(19)40(28)46(34)52(40)58(46)64(52)70(58)73-61-49-37-25-13-4-7(13)16(13,25)31(25,37)43(37,49)55(49,61)67(61,73)76(64,70)73/h5-10H,2-4H2,1H3/q+1. The summed E-state index contributed by atoms with van der Waals surface area (Å²) >= 11 is 0. The lowest BCUT2D eigenvalue weighted by Gasteiger charge is -2.38. The van der Waals surface area contributed by atoms with Crippen LogP contribution in [0.5, 0.6) is 0 Å². The van der Waals surface area contributed by atoms with Gasteiger partial charge in [-0.3, -0.25) is 0 Å². The lowest BCUT2D eigenvalue weighted by Crippen LogP contribution is -2.39. The maximum Gasteiger partial charge on any atom is 0.227 e. The summed E-state index contributed by atoms with van der Waals surface area (Å²) in [6.07, 6.45) is 5.35. The zero-order chi connectivity index (χ0) is 41.8. The Morgan fingerprint density at radius 3 is 0.550 bits per heavy atom. The fraction of sp³-hybridized carbons (Fsp3) is 1.00. The van der Waals surface area contributed by atoms with E-state index in [1.54, 1.807) is 19.3 Å². The molecule has 3 aliphatic heterocycles. The minimum atomic E-state index is -1.30. The molecule has 72 rings (SSSR count). The molecule has 69 saturated carbocycles. The van der Waals surface area contributed by atoms with E-state index in [0.717, 1.165) is 97.8 Å². The molecule has 69 aliphatic carbocycles. The topological polar surface area (TPSA) is 9.03 Å². The Kier molecular flexibility index (Phi) is 0.718. The molecule has 0 amide bonds. The van der Waals surface area contributed by atoms with Crippen LogP contribution in [0, 0.1) is 359 Å². The molecule has 0 bridgehead atoms. The van der Waals surface area contributed by atoms with Crippen LogP contribution in [-0.4, -0.2) is 55.4 Å². The molecule has 0 aromatic heterocycles. The maximum atomic E-state index is 3.79. The molecule has 0 N–H and O–H groups in total. The van der Waals surface area contributed by atoms with Gasteiger partial charge in [0.25, 0.3) is 0 Å². The molecule has 0 aromatic rings. The Hall–Kier alpha value is 0.310. The van der Waals surface area contributed by atoms with E-state index < -0.39 is 7.71 Å². The van der Waals surface area contributed by atoms with E-state index in [2.05, 4.69) is 20.7 Å². The largest absolute Gasteiger partial charge is 0.227 e. The normalized spacial score (nSPS) is 173. The van der Waals surface area contributed by atoms with Gasteiger partial charge in [-0.2, -0.15) is 0 Å². The van der Waals surface area contributed by atoms with Gasteiger partial charge in [0.15, 0.2) is 0 Å². The third-order valence-electron chi connectivity index (χ3n) is 75.9. The SMILES string of the molecule is C[P+](N1C2C13C21C32C13C21C32C13C21C32C13C14C56C78C9%10C%11%12C%13%14CC%13C%14%11C%129C%107C85C61C234)(N1C2C13C21C32C13C21C32C13C21C32C13C14C56C78C9%10C%11%12C%13%14CC%13C%14%11C%129C%107C85C61C234)N1C2C13C21C32C13C21C32C13C21C32C13C14C56C78C9%10C%11%12C%13%14CC%13C%14%11C%129C%107C85C61C234. The van der Waals surface area contributed by atoms with E-state index in [1.807, 2.05) is 0 Å². The van der Waals surface area contributed by atoms with Gasteiger partial charge in [-0.1, -0.05) is 0 Å². The highest BCUT2D eigenvalue weighted by atomic mass is 31.2. The minimum Gasteiger partial charge on any atom is -0.134 e. The first kappa shape index (κ1) is 22.1. The average Bonchev–Trinajstić information content (AvgIpc) is 1.11. The molecule has 80 heavy (non-hydrogen) atoms. The third kappa shape index (κ3) is 0.388. The van der Waals surface area contributed by atoms with Gasteiger partial charge < -0.3 is 0 Å². The van der Waals surface area contributed by atoms with Crippen molar-refractivity contribution in [2.45, 2.75) is 54.0 Å². The minimum absolute atomic E-state index is 0.939. The van der Waals surface area contributed by atoms with E-state index in [1.165, 1.54) is 296 Å². The molecule has 0 radical (unpaired) electrons. The van der Waals surface area contributed by atoms with Crippen LogP contribution in [0.15, 0.2) is 0 Å². The van der Waals surface area contributed by atoms with Gasteiger partial charge in [-0.05, 0) is 199 Å². The van der Waals surface area contributed by atoms with E-state index in [4.69, 9.17) is 0 Å². The Bertz CT molecular complexity index is 6910. The highest BCUT2D eigenvalue weighted by molar-refractivity contribution is 7.70. The molecule has 4 heteroatoms. The van der Waals surface area contributed by atoms with Crippen molar-refractivity contribution in [2.75, 3.05) is 6.66 Å². The number of hydrogen-bond acceptors (Lipinski definition) is 3. The molecule has 3 heterocycles. The first-order valence-electron chi connectivity index (χ1n) is 39.0. The number of nitrogens with zero attached hydrogens (tertiary/aromatic N) is 3. The lowest BCUT2D eigenvalue weighted by atomic mass is 9.81. The first-order valence-corrected chi connectivity index (χ1v) is 41.1. The number of piperidine rings is 3. The second-order valence-electron chi connectivity index (χ2n) is 55.9. The van der Waals surface area contributed by atoms with E-state index >= 15 is 0 Å². The molecule has 0 aromatic carbocycles. The predicted molar refractivity (Wildman–Crippen MR) is 233 cm³/mol. The van der Waals surface area contributed by atoms with E-state index in [-0.39, 0.29) is 0 Å². The smallest absolute Gasteiger partial charge is 0.134 e. The van der Waals surface area contributed by atoms with Crippen LogP contribution in [0.3, 0.4) is 0 Å². The van der Waals surface area contributed by atoms with E-state index in [0.29, 0.717) is 0 Å². The van der Waals surface area contributed by atoms with Gasteiger partial charge in [-0.15, -0.1) is 14.0 Å². The van der Waals surface area contributed by atoms with Gasteiger partial charge in [0, 0.05) is 179 Å². The molecular formula is C76H15N3P+. The fourth-order valence-corrected chi connectivity index (χ4v) is 97.5. The Morgan fingerprint density at radius 2 is 0.362 bits per heavy atom. The van der Waals surface area contributed by atoms with Crippen LogP contribution in [0.4, 0.5) is 0 Å². The summed E-state index contributed by atoms with van der Waals surface area (Å²) < 4.78 is 11.4. The van der Waals surface area contributed by atoms with Crippen LogP contribution < -0.4 is 0 Å². The molecule has 338 valence electrons. The van der Waals surface area contributed by atoms with Crippen LogP contribution >= 0.6 is 7.71 Å². The lowest BCUT2D eigenvalue weighted by molar-refractivity contribution is 0.219. The summed E-state index contributed by atoms with van der Waals surface area (Å²) in [6, 6.07) is 3.72. The van der Waals surface area contributed by atoms with Crippen molar-refractivity contribution < 1.29 is 0 Å². The van der Waals surface area contributed by atoms with Gasteiger partial charge in [-0.25, -0.2) is 0 Å². The van der Waals surface area contributed by atoms with Gasteiger partial charge in [0.05, 0.1) is 41.4 Å². The first-order chi connectivity index (χ1) is 39.7. The molecule has 3 saturated heterocycles. The molecule has 72 fully saturated rings. The number of hydrogen-bond donors (Lipinski definition) is 0. The van der Waals surface area contributed by atoms with Gasteiger partial charge >= 0.3 is 0 Å². The van der Waals surface area contributed by atoms with Crippen molar-refractivity contribution in [2.24, 2.45) is 245 Å². The van der Waals surface area contributed by atoms with Gasteiger partial charge in [0.1, 0.15) is 0 Å². The molecule has 72 aliphatic rings. The third-order valence-corrected chi connectivity index (χ3v) is 80.0. The fourth-order valence-electron chi connectivity index (χ4n) is 91.6. The summed E-state index contributed by atoms with van der Waals surface area (Å²) in [4.78, 5) is 0. The molecule has 3 nitrogen and oxygen atoms in total. The number of rotatable bonds is 3. The van der Waals surface area contributed by atoms with E-state index in [9.17, 15) is 0 Å². The van der Waals surface area contributed by atoms with Crippen LogP contribution in [0.25, 0.3) is 0 Å². The van der Waals surface area contributed by atoms with Crippen molar-refractivity contribution in [3.63, 3.8) is 0 Å². The molecule has 75 atom stereocenters. The Morgan fingerprint density at radius 1 is 0.200 bits per heavy atom. The monoisotopic (exact) mass is 1000 g/mol. The molecule has 75 unspecified atom stereocenters. The van der Waals surface area contributed by atoms with Crippen LogP contribution in [0.2, 0.25) is 0 Å². The highest BCUT2D eigenvalue weighted by Gasteiger charge is 4.00. The summed E-state index contributed by atoms with van der Waals surface area (Å²) in [5, 5.41) is 0. The Balaban J connectivity index is 0.362. The zero-order valence-electron chi connectivity index (χ0n) is 41.4. The van der Waals surface area contributed by atoms with Gasteiger partial charge in [0.2, 0.25) is 7.71 Å². The van der Waals surface area contributed by atoms with Crippen LogP contribution in [0.1, 0.15) is 19.3 Å². The average molecular weight is 1000 g/mol. The molecule has 66 spiro atoms. The highest BCUT2D eigenvalue weighted by Crippen LogP contribution is 4.05. The second-order valence-corrected chi connectivity index (χ2v) is 59.0. The summed E-state index contributed by atoms with van der Waals surface area (Å²) in [7, 11) is -1.30. The summed E-state index contributed by atoms with van der Waals surface area (Å²) in [5.74, 6) is 4.15. The van der Waals surface area contributed by atoms with Crippen LogP contribution in [-0.2, 0) is 0 Å². The van der Waals surface area contributed by atoms with Crippen molar-refractivity contribution in [3.05, 3.63) is 114 Å². The quantitative estimate of drug-likeness (QED) is 0.318. The van der Waals surface area contributed by atoms with Crippen molar-refractivity contribution >= 4 is 7.71 Å². The molecular weight excluding hydrogens is 986 g/mol. The summed E-state index contributed by atoms with van der Waals surface area (Å²) in [6.45, 7) is 3.27. The summed E-state index contributed by atoms with van der Waals surface area (Å²) in [5.41, 5.74) is 77.2. The maximum absolute atomic E-state index is 3.79. The zero-order valence-corrected chi connectivity index (χ0v) is 42.3. The Labute approximate surface area is 438 Å².